The van der Waals surface area contributed by atoms with Gasteiger partial charge in [0.25, 0.3) is 5.91 Å². The molecular formula is C14H22Cl2N4O. The molecule has 2 rings (SSSR count). The minimum absolute atomic E-state index is 0. The van der Waals surface area contributed by atoms with Crippen molar-refractivity contribution in [1.82, 2.24) is 14.9 Å². The Morgan fingerprint density at radius 2 is 2.10 bits per heavy atom. The molecule has 0 unspecified atom stereocenters. The highest BCUT2D eigenvalue weighted by Crippen LogP contribution is 2.21. The molecule has 0 aliphatic carbocycles. The number of hydrogen-bond donors (Lipinski definition) is 1. The van der Waals surface area contributed by atoms with Gasteiger partial charge in [0, 0.05) is 19.0 Å². The van der Waals surface area contributed by atoms with Crippen molar-refractivity contribution in [3.63, 3.8) is 0 Å². The zero-order valence-corrected chi connectivity index (χ0v) is 14.0. The fraction of sp³-hybridized carbons (Fsp3) is 0.643. The number of carbonyl (C=O) groups excluding carboxylic acids is 1. The molecule has 1 aliphatic heterocycles. The molecule has 2 heterocycles. The van der Waals surface area contributed by atoms with Crippen LogP contribution in [0.4, 0.5) is 0 Å². The van der Waals surface area contributed by atoms with Gasteiger partial charge in [0.1, 0.15) is 5.82 Å². The molecule has 1 aliphatic rings. The number of aromatic nitrogens is 2. The van der Waals surface area contributed by atoms with Crippen molar-refractivity contribution in [3.05, 3.63) is 22.7 Å². The third kappa shape index (κ3) is 4.28. The first kappa shape index (κ1) is 18.1. The number of carbonyl (C=O) groups is 1. The van der Waals surface area contributed by atoms with Crippen LogP contribution in [0.3, 0.4) is 0 Å². The maximum atomic E-state index is 12.5. The molecule has 5 nitrogen and oxygen atoms in total. The second-order valence-corrected chi connectivity index (χ2v) is 5.96. The predicted molar refractivity (Wildman–Crippen MR) is 86.1 cm³/mol. The van der Waals surface area contributed by atoms with Crippen molar-refractivity contribution in [2.24, 2.45) is 11.7 Å². The van der Waals surface area contributed by atoms with Crippen LogP contribution in [0.25, 0.3) is 0 Å². The third-order valence-electron chi connectivity index (χ3n) is 3.72. The van der Waals surface area contributed by atoms with Crippen LogP contribution in [0.1, 0.15) is 48.9 Å². The highest BCUT2D eigenvalue weighted by Gasteiger charge is 2.25. The van der Waals surface area contributed by atoms with Gasteiger partial charge in [-0.25, -0.2) is 9.97 Å². The van der Waals surface area contributed by atoms with Gasteiger partial charge in [-0.3, -0.25) is 4.79 Å². The summed E-state index contributed by atoms with van der Waals surface area (Å²) in [7, 11) is 0. The number of nitrogens with two attached hydrogens (primary N) is 1. The summed E-state index contributed by atoms with van der Waals surface area (Å²) >= 11 is 6.08. The SMILES string of the molecule is CC(C)c1ncc(Cl)c(C(=O)N2CCC(CN)CC2)n1.Cl. The molecule has 21 heavy (non-hydrogen) atoms. The number of nitrogens with zero attached hydrogens (tertiary/aromatic N) is 3. The summed E-state index contributed by atoms with van der Waals surface area (Å²) in [6, 6.07) is 0. The minimum atomic E-state index is -0.102. The van der Waals surface area contributed by atoms with E-state index in [9.17, 15) is 4.79 Å². The second-order valence-electron chi connectivity index (χ2n) is 5.55. The standard InChI is InChI=1S/C14H21ClN4O.ClH/c1-9(2)13-17-8-11(15)12(18-13)14(20)19-5-3-10(7-16)4-6-19;/h8-10H,3-7,16H2,1-2H3;1H. The van der Waals surface area contributed by atoms with E-state index in [1.807, 2.05) is 18.7 Å². The van der Waals surface area contributed by atoms with E-state index < -0.39 is 0 Å². The molecule has 1 aromatic heterocycles. The van der Waals surface area contributed by atoms with E-state index in [0.29, 0.717) is 29.0 Å². The van der Waals surface area contributed by atoms with Crippen molar-refractivity contribution in [3.8, 4) is 0 Å². The molecule has 0 radical (unpaired) electrons. The van der Waals surface area contributed by atoms with Crippen molar-refractivity contribution in [2.75, 3.05) is 19.6 Å². The Kier molecular flexibility index (Phi) is 6.84. The van der Waals surface area contributed by atoms with Gasteiger partial charge in [-0.15, -0.1) is 12.4 Å². The van der Waals surface area contributed by atoms with Gasteiger partial charge in [-0.1, -0.05) is 25.4 Å². The highest BCUT2D eigenvalue weighted by atomic mass is 35.5. The number of rotatable bonds is 3. The van der Waals surface area contributed by atoms with Gasteiger partial charge in [0.15, 0.2) is 5.69 Å². The Labute approximate surface area is 136 Å². The van der Waals surface area contributed by atoms with E-state index in [1.54, 1.807) is 0 Å². The Morgan fingerprint density at radius 1 is 1.48 bits per heavy atom. The fourth-order valence-electron chi connectivity index (χ4n) is 2.33. The first-order chi connectivity index (χ1) is 9.52. The molecule has 1 fully saturated rings. The molecule has 7 heteroatoms. The molecule has 0 saturated carbocycles. The molecule has 2 N–H and O–H groups in total. The van der Waals surface area contributed by atoms with Crippen LogP contribution in [0.15, 0.2) is 6.20 Å². The van der Waals surface area contributed by atoms with Crippen LogP contribution in [-0.2, 0) is 0 Å². The lowest BCUT2D eigenvalue weighted by Crippen LogP contribution is -2.40. The third-order valence-corrected chi connectivity index (χ3v) is 3.99. The average molecular weight is 333 g/mol. The average Bonchev–Trinajstić information content (AvgIpc) is 2.47. The van der Waals surface area contributed by atoms with Gasteiger partial charge < -0.3 is 10.6 Å². The Bertz CT molecular complexity index is 488. The maximum absolute atomic E-state index is 12.5. The lowest BCUT2D eigenvalue weighted by Gasteiger charge is -2.31. The van der Waals surface area contributed by atoms with E-state index >= 15 is 0 Å². The summed E-state index contributed by atoms with van der Waals surface area (Å²) < 4.78 is 0. The Morgan fingerprint density at radius 3 is 2.62 bits per heavy atom. The van der Waals surface area contributed by atoms with Crippen molar-refractivity contribution in [2.45, 2.75) is 32.6 Å². The van der Waals surface area contributed by atoms with Crippen molar-refractivity contribution in [1.29, 1.82) is 0 Å². The largest absolute Gasteiger partial charge is 0.337 e. The molecule has 0 spiro atoms. The van der Waals surface area contributed by atoms with E-state index in [2.05, 4.69) is 9.97 Å². The van der Waals surface area contributed by atoms with Crippen molar-refractivity contribution >= 4 is 29.9 Å². The number of likely N-dealkylation sites (tertiary alicyclic amines) is 1. The summed E-state index contributed by atoms with van der Waals surface area (Å²) in [5.74, 6) is 1.23. The van der Waals surface area contributed by atoms with Crippen LogP contribution in [0, 0.1) is 5.92 Å². The minimum Gasteiger partial charge on any atom is -0.337 e. The molecular weight excluding hydrogens is 311 g/mol. The molecule has 1 amide bonds. The van der Waals surface area contributed by atoms with Crippen molar-refractivity contribution < 1.29 is 4.79 Å². The normalized spacial score (nSPS) is 16.0. The van der Waals surface area contributed by atoms with Crippen LogP contribution >= 0.6 is 24.0 Å². The van der Waals surface area contributed by atoms with Crippen LogP contribution in [0.5, 0.6) is 0 Å². The summed E-state index contributed by atoms with van der Waals surface area (Å²) in [4.78, 5) is 22.8. The number of amides is 1. The number of piperidine rings is 1. The molecule has 118 valence electrons. The fourth-order valence-corrected chi connectivity index (χ4v) is 2.50. The summed E-state index contributed by atoms with van der Waals surface area (Å²) in [6.07, 6.45) is 3.41. The lowest BCUT2D eigenvalue weighted by atomic mass is 9.97. The maximum Gasteiger partial charge on any atom is 0.274 e. The molecule has 0 bridgehead atoms. The molecule has 1 aromatic rings. The lowest BCUT2D eigenvalue weighted by molar-refractivity contribution is 0.0687. The quantitative estimate of drug-likeness (QED) is 0.922. The molecule has 1 saturated heterocycles. The summed E-state index contributed by atoms with van der Waals surface area (Å²) in [5, 5.41) is 0.320. The molecule has 0 atom stereocenters. The van der Waals surface area contributed by atoms with Crippen LogP contribution in [0.2, 0.25) is 5.02 Å². The highest BCUT2D eigenvalue weighted by molar-refractivity contribution is 6.33. The zero-order chi connectivity index (χ0) is 14.7. The summed E-state index contributed by atoms with van der Waals surface area (Å²) in [6.45, 7) is 6.11. The topological polar surface area (TPSA) is 72.1 Å². The van der Waals surface area contributed by atoms with E-state index in [-0.39, 0.29) is 24.2 Å². The van der Waals surface area contributed by atoms with Gasteiger partial charge in [-0.05, 0) is 25.3 Å². The van der Waals surface area contributed by atoms with Crippen LogP contribution in [-0.4, -0.2) is 40.4 Å². The summed E-state index contributed by atoms with van der Waals surface area (Å²) in [5.41, 5.74) is 5.98. The number of hydrogen-bond acceptors (Lipinski definition) is 4. The Balaban J connectivity index is 0.00000220. The molecule has 0 aromatic carbocycles. The Hall–Kier alpha value is -0.910. The van der Waals surface area contributed by atoms with Crippen LogP contribution < -0.4 is 5.73 Å². The van der Waals surface area contributed by atoms with Gasteiger partial charge in [0.2, 0.25) is 0 Å². The van der Waals surface area contributed by atoms with E-state index in [4.69, 9.17) is 17.3 Å². The smallest absolute Gasteiger partial charge is 0.274 e. The van der Waals surface area contributed by atoms with Gasteiger partial charge >= 0.3 is 0 Å². The monoisotopic (exact) mass is 332 g/mol. The van der Waals surface area contributed by atoms with E-state index in [1.165, 1.54) is 6.20 Å². The second kappa shape index (κ2) is 7.92. The first-order valence-corrected chi connectivity index (χ1v) is 7.42. The predicted octanol–water partition coefficient (Wildman–Crippen LogP) is 2.49. The first-order valence-electron chi connectivity index (χ1n) is 7.04. The number of halogens is 2. The van der Waals surface area contributed by atoms with Gasteiger partial charge in [-0.2, -0.15) is 0 Å². The zero-order valence-electron chi connectivity index (χ0n) is 12.4. The van der Waals surface area contributed by atoms with E-state index in [0.717, 1.165) is 25.9 Å². The van der Waals surface area contributed by atoms with Gasteiger partial charge in [0.05, 0.1) is 11.2 Å².